The number of hydrogen-bond acceptors (Lipinski definition) is 3. The average Bonchev–Trinajstić information content (AvgIpc) is 2.86. The minimum atomic E-state index is -0.902. The third-order valence-corrected chi connectivity index (χ3v) is 3.73. The van der Waals surface area contributed by atoms with Crippen LogP contribution in [0.25, 0.3) is 0 Å². The standard InChI is InChI=1S/C13H12ClFN2OS/c14-8-3-4-11(15)10(6-8)12(13(16)18)17-7-9-2-1-5-19-9/h1-6,12,17H,7H2,(H2,16,18). The number of amides is 1. The van der Waals surface area contributed by atoms with Crippen LogP contribution >= 0.6 is 22.9 Å². The molecule has 6 heteroatoms. The van der Waals surface area contributed by atoms with E-state index in [-0.39, 0.29) is 5.56 Å². The van der Waals surface area contributed by atoms with E-state index in [0.29, 0.717) is 11.6 Å². The van der Waals surface area contributed by atoms with Gasteiger partial charge in [0.25, 0.3) is 0 Å². The zero-order valence-electron chi connectivity index (χ0n) is 9.90. The number of primary amides is 1. The Morgan fingerprint density at radius 1 is 1.47 bits per heavy atom. The van der Waals surface area contributed by atoms with E-state index in [0.717, 1.165) is 4.88 Å². The van der Waals surface area contributed by atoms with Crippen LogP contribution in [0.1, 0.15) is 16.5 Å². The molecule has 100 valence electrons. The van der Waals surface area contributed by atoms with Crippen LogP contribution in [0.5, 0.6) is 0 Å². The summed E-state index contributed by atoms with van der Waals surface area (Å²) < 4.78 is 13.7. The molecule has 3 N–H and O–H groups in total. The van der Waals surface area contributed by atoms with Crippen molar-refractivity contribution in [2.45, 2.75) is 12.6 Å². The van der Waals surface area contributed by atoms with Crippen molar-refractivity contribution in [3.05, 3.63) is 57.0 Å². The highest BCUT2D eigenvalue weighted by molar-refractivity contribution is 7.09. The van der Waals surface area contributed by atoms with E-state index in [1.807, 2.05) is 17.5 Å². The van der Waals surface area contributed by atoms with Crippen LogP contribution in [0, 0.1) is 5.82 Å². The van der Waals surface area contributed by atoms with Crippen LogP contribution in [0.3, 0.4) is 0 Å². The molecule has 0 fully saturated rings. The molecule has 0 radical (unpaired) electrons. The lowest BCUT2D eigenvalue weighted by Crippen LogP contribution is -2.33. The van der Waals surface area contributed by atoms with Crippen LogP contribution in [0.2, 0.25) is 5.02 Å². The summed E-state index contributed by atoms with van der Waals surface area (Å²) in [7, 11) is 0. The van der Waals surface area contributed by atoms with Gasteiger partial charge in [-0.1, -0.05) is 17.7 Å². The van der Waals surface area contributed by atoms with Gasteiger partial charge in [0.15, 0.2) is 0 Å². The van der Waals surface area contributed by atoms with E-state index in [9.17, 15) is 9.18 Å². The predicted molar refractivity (Wildman–Crippen MR) is 74.5 cm³/mol. The van der Waals surface area contributed by atoms with Crippen LogP contribution in [0.15, 0.2) is 35.7 Å². The van der Waals surface area contributed by atoms with Crippen LogP contribution in [-0.4, -0.2) is 5.91 Å². The smallest absolute Gasteiger partial charge is 0.239 e. The van der Waals surface area contributed by atoms with Gasteiger partial charge in [-0.2, -0.15) is 0 Å². The maximum atomic E-state index is 13.7. The molecule has 0 aliphatic carbocycles. The summed E-state index contributed by atoms with van der Waals surface area (Å²) in [5.74, 6) is -1.15. The monoisotopic (exact) mass is 298 g/mol. The lowest BCUT2D eigenvalue weighted by Gasteiger charge is -2.16. The normalized spacial score (nSPS) is 12.3. The van der Waals surface area contributed by atoms with Gasteiger partial charge in [-0.25, -0.2) is 4.39 Å². The molecule has 0 saturated carbocycles. The van der Waals surface area contributed by atoms with Crippen molar-refractivity contribution in [2.24, 2.45) is 5.73 Å². The minimum absolute atomic E-state index is 0.163. The fourth-order valence-electron chi connectivity index (χ4n) is 1.72. The van der Waals surface area contributed by atoms with Gasteiger partial charge in [0.05, 0.1) is 0 Å². The van der Waals surface area contributed by atoms with Crippen molar-refractivity contribution in [3.63, 3.8) is 0 Å². The third kappa shape index (κ3) is 3.53. The van der Waals surface area contributed by atoms with Gasteiger partial charge < -0.3 is 5.73 Å². The number of benzene rings is 1. The first kappa shape index (κ1) is 14.0. The Balaban J connectivity index is 2.20. The van der Waals surface area contributed by atoms with Gasteiger partial charge in [0.1, 0.15) is 11.9 Å². The van der Waals surface area contributed by atoms with Gasteiger partial charge in [-0.3, -0.25) is 10.1 Å². The largest absolute Gasteiger partial charge is 0.368 e. The quantitative estimate of drug-likeness (QED) is 0.892. The number of rotatable bonds is 5. The summed E-state index contributed by atoms with van der Waals surface area (Å²) in [4.78, 5) is 12.5. The van der Waals surface area contributed by atoms with E-state index in [4.69, 9.17) is 17.3 Å². The van der Waals surface area contributed by atoms with Crippen molar-refractivity contribution in [1.29, 1.82) is 0 Å². The maximum Gasteiger partial charge on any atom is 0.239 e. The number of carbonyl (C=O) groups excluding carboxylic acids is 1. The first-order chi connectivity index (χ1) is 9.08. The predicted octanol–water partition coefficient (Wildman–Crippen LogP) is 2.86. The second-order valence-electron chi connectivity index (χ2n) is 3.96. The maximum absolute atomic E-state index is 13.7. The molecule has 1 amide bonds. The van der Waals surface area contributed by atoms with Gasteiger partial charge in [0, 0.05) is 22.0 Å². The Kier molecular flexibility index (Phi) is 4.52. The molecular formula is C13H12ClFN2OS. The summed E-state index contributed by atoms with van der Waals surface area (Å²) in [6, 6.07) is 6.98. The molecule has 19 heavy (non-hydrogen) atoms. The molecule has 3 nitrogen and oxygen atoms in total. The van der Waals surface area contributed by atoms with Crippen molar-refractivity contribution in [2.75, 3.05) is 0 Å². The molecule has 0 spiro atoms. The van der Waals surface area contributed by atoms with E-state index in [2.05, 4.69) is 5.32 Å². The van der Waals surface area contributed by atoms with Crippen molar-refractivity contribution >= 4 is 28.8 Å². The molecule has 2 aromatic rings. The summed E-state index contributed by atoms with van der Waals surface area (Å²) in [6.45, 7) is 0.442. The SMILES string of the molecule is NC(=O)C(NCc1cccs1)c1cc(Cl)ccc1F. The zero-order chi connectivity index (χ0) is 13.8. The highest BCUT2D eigenvalue weighted by atomic mass is 35.5. The lowest BCUT2D eigenvalue weighted by atomic mass is 10.1. The molecule has 2 rings (SSSR count). The highest BCUT2D eigenvalue weighted by Crippen LogP contribution is 2.22. The minimum Gasteiger partial charge on any atom is -0.368 e. The molecule has 0 saturated heterocycles. The van der Waals surface area contributed by atoms with Crippen LogP contribution in [-0.2, 0) is 11.3 Å². The molecule has 0 aliphatic heterocycles. The Hall–Kier alpha value is -1.43. The molecule has 1 aromatic heterocycles. The van der Waals surface area contributed by atoms with Crippen LogP contribution < -0.4 is 11.1 Å². The van der Waals surface area contributed by atoms with Crippen LogP contribution in [0.4, 0.5) is 4.39 Å². The molecule has 1 heterocycles. The number of halogens is 2. The molecule has 0 bridgehead atoms. The van der Waals surface area contributed by atoms with E-state index >= 15 is 0 Å². The summed E-state index contributed by atoms with van der Waals surface area (Å²) >= 11 is 7.37. The molecule has 1 atom stereocenters. The fraction of sp³-hybridized carbons (Fsp3) is 0.154. The fourth-order valence-corrected chi connectivity index (χ4v) is 2.55. The van der Waals surface area contributed by atoms with E-state index in [1.54, 1.807) is 11.3 Å². The van der Waals surface area contributed by atoms with Gasteiger partial charge in [0.2, 0.25) is 5.91 Å². The average molecular weight is 299 g/mol. The second-order valence-corrected chi connectivity index (χ2v) is 5.43. The van der Waals surface area contributed by atoms with Crippen molar-refractivity contribution < 1.29 is 9.18 Å². The lowest BCUT2D eigenvalue weighted by molar-refractivity contribution is -0.120. The molecular weight excluding hydrogens is 287 g/mol. The first-order valence-corrected chi connectivity index (χ1v) is 6.83. The number of nitrogens with one attached hydrogen (secondary N) is 1. The van der Waals surface area contributed by atoms with Gasteiger partial charge in [-0.15, -0.1) is 11.3 Å². The molecule has 0 aliphatic rings. The van der Waals surface area contributed by atoms with Crippen molar-refractivity contribution in [3.8, 4) is 0 Å². The third-order valence-electron chi connectivity index (χ3n) is 2.61. The number of nitrogens with two attached hydrogens (primary N) is 1. The summed E-state index contributed by atoms with van der Waals surface area (Å²) in [5.41, 5.74) is 5.48. The highest BCUT2D eigenvalue weighted by Gasteiger charge is 2.21. The Bertz CT molecular complexity index is 574. The van der Waals surface area contributed by atoms with Gasteiger partial charge >= 0.3 is 0 Å². The Labute approximate surface area is 119 Å². The van der Waals surface area contributed by atoms with Gasteiger partial charge in [-0.05, 0) is 29.6 Å². The van der Waals surface area contributed by atoms with E-state index < -0.39 is 17.8 Å². The summed E-state index contributed by atoms with van der Waals surface area (Å²) in [6.07, 6.45) is 0. The number of hydrogen-bond donors (Lipinski definition) is 2. The topological polar surface area (TPSA) is 55.1 Å². The van der Waals surface area contributed by atoms with Crippen molar-refractivity contribution in [1.82, 2.24) is 5.32 Å². The number of thiophene rings is 1. The van der Waals surface area contributed by atoms with E-state index in [1.165, 1.54) is 18.2 Å². The summed E-state index contributed by atoms with van der Waals surface area (Å²) in [5, 5.41) is 5.23. The zero-order valence-corrected chi connectivity index (χ0v) is 11.5. The molecule has 1 aromatic carbocycles. The Morgan fingerprint density at radius 2 is 2.26 bits per heavy atom. The second kappa shape index (κ2) is 6.14. The Morgan fingerprint density at radius 3 is 2.89 bits per heavy atom. The number of carbonyl (C=O) groups is 1. The molecule has 1 unspecified atom stereocenters. The first-order valence-electron chi connectivity index (χ1n) is 5.58.